The highest BCUT2D eigenvalue weighted by Crippen LogP contribution is 2.32. The minimum Gasteiger partial charge on any atom is -0.396 e. The molecule has 0 radical (unpaired) electrons. The van der Waals surface area contributed by atoms with E-state index in [4.69, 9.17) is 4.74 Å². The van der Waals surface area contributed by atoms with Gasteiger partial charge in [0.25, 0.3) is 5.91 Å². The number of rotatable bonds is 4. The molecule has 2 N–H and O–H groups in total. The van der Waals surface area contributed by atoms with E-state index in [0.29, 0.717) is 25.5 Å². The Hall–Kier alpha value is -1.85. The van der Waals surface area contributed by atoms with E-state index >= 15 is 0 Å². The smallest absolute Gasteiger partial charge is 0.270 e. The molecule has 1 saturated heterocycles. The second kappa shape index (κ2) is 6.81. The third-order valence-electron chi connectivity index (χ3n) is 5.64. The monoisotopic (exact) mass is 344 g/mol. The molecule has 0 bridgehead atoms. The number of aromatic nitrogens is 1. The molecule has 1 aliphatic rings. The molecular weight excluding hydrogens is 316 g/mol. The second-order valence-electron chi connectivity index (χ2n) is 7.51. The molecule has 5 heteroatoms. The Bertz CT molecular complexity index is 788. The SMILES string of the molecule is Cc1ccc(C)c2c(C)c(C(=O)N(C)CC3(CO)CCOCC3)[nH]c12. The van der Waals surface area contributed by atoms with Crippen molar-refractivity contribution in [3.05, 3.63) is 34.5 Å². The lowest BCUT2D eigenvalue weighted by Gasteiger charge is -2.38. The number of amides is 1. The molecule has 0 aliphatic carbocycles. The maximum atomic E-state index is 13.1. The molecule has 1 aliphatic heterocycles. The predicted octanol–water partition coefficient (Wildman–Crippen LogP) is 2.95. The fraction of sp³-hybridized carbons (Fsp3) is 0.550. The zero-order valence-corrected chi connectivity index (χ0v) is 15.6. The van der Waals surface area contributed by atoms with Crippen LogP contribution in [0.15, 0.2) is 12.1 Å². The number of H-pyrrole nitrogens is 1. The molecule has 0 spiro atoms. The van der Waals surface area contributed by atoms with Crippen LogP contribution >= 0.6 is 0 Å². The maximum absolute atomic E-state index is 13.1. The molecule has 25 heavy (non-hydrogen) atoms. The minimum absolute atomic E-state index is 0.0215. The number of benzene rings is 1. The lowest BCUT2D eigenvalue weighted by Crippen LogP contribution is -2.44. The standard InChI is InChI=1S/C20H28N2O3/c1-13-5-6-14(2)17-16(13)15(3)18(21-17)19(24)22(4)11-20(12-23)7-9-25-10-8-20/h5-6,21,23H,7-12H2,1-4H3. The fourth-order valence-electron chi connectivity index (χ4n) is 3.95. The number of aliphatic hydroxyl groups is 1. The summed E-state index contributed by atoms with van der Waals surface area (Å²) in [6.07, 6.45) is 1.57. The molecule has 5 nitrogen and oxygen atoms in total. The quantitative estimate of drug-likeness (QED) is 0.896. The number of carbonyl (C=O) groups is 1. The lowest BCUT2D eigenvalue weighted by atomic mass is 9.80. The zero-order chi connectivity index (χ0) is 18.2. The van der Waals surface area contributed by atoms with Crippen LogP contribution in [-0.2, 0) is 4.74 Å². The third-order valence-corrected chi connectivity index (χ3v) is 5.64. The average molecular weight is 344 g/mol. The third kappa shape index (κ3) is 3.18. The van der Waals surface area contributed by atoms with Crippen LogP contribution in [0.3, 0.4) is 0 Å². The fourth-order valence-corrected chi connectivity index (χ4v) is 3.95. The summed E-state index contributed by atoms with van der Waals surface area (Å²) >= 11 is 0. The number of hydrogen-bond acceptors (Lipinski definition) is 3. The molecule has 1 aromatic carbocycles. The van der Waals surface area contributed by atoms with Gasteiger partial charge in [0, 0.05) is 43.1 Å². The van der Waals surface area contributed by atoms with E-state index in [-0.39, 0.29) is 17.9 Å². The Morgan fingerprint density at radius 2 is 1.88 bits per heavy atom. The molecule has 2 aromatic rings. The molecule has 0 saturated carbocycles. The van der Waals surface area contributed by atoms with E-state index in [0.717, 1.165) is 34.9 Å². The first-order valence-corrected chi connectivity index (χ1v) is 8.91. The van der Waals surface area contributed by atoms with Crippen molar-refractivity contribution in [3.8, 4) is 0 Å². The first kappa shape index (κ1) is 18.0. The van der Waals surface area contributed by atoms with Crippen LogP contribution in [0.2, 0.25) is 0 Å². The van der Waals surface area contributed by atoms with Crippen molar-refractivity contribution in [3.63, 3.8) is 0 Å². The summed E-state index contributed by atoms with van der Waals surface area (Å²) in [7, 11) is 1.82. The number of nitrogens with zero attached hydrogens (tertiary/aromatic N) is 1. The zero-order valence-electron chi connectivity index (χ0n) is 15.6. The summed E-state index contributed by atoms with van der Waals surface area (Å²) in [4.78, 5) is 18.2. The van der Waals surface area contributed by atoms with Crippen molar-refractivity contribution in [2.24, 2.45) is 5.41 Å². The summed E-state index contributed by atoms with van der Waals surface area (Å²) in [5.41, 5.74) is 4.74. The van der Waals surface area contributed by atoms with E-state index in [1.807, 2.05) is 14.0 Å². The first-order chi connectivity index (χ1) is 11.9. The van der Waals surface area contributed by atoms with Crippen molar-refractivity contribution < 1.29 is 14.6 Å². The Morgan fingerprint density at radius 3 is 2.48 bits per heavy atom. The number of aromatic amines is 1. The van der Waals surface area contributed by atoms with E-state index in [1.165, 1.54) is 5.56 Å². The number of ether oxygens (including phenoxy) is 1. The summed E-state index contributed by atoms with van der Waals surface area (Å²) in [5, 5.41) is 11.0. The van der Waals surface area contributed by atoms with Crippen LogP contribution in [0.4, 0.5) is 0 Å². The molecule has 1 fully saturated rings. The van der Waals surface area contributed by atoms with Gasteiger partial charge < -0.3 is 19.7 Å². The summed E-state index contributed by atoms with van der Waals surface area (Å²) < 4.78 is 5.42. The Balaban J connectivity index is 1.90. The van der Waals surface area contributed by atoms with Crippen LogP contribution in [0.1, 0.15) is 40.0 Å². The van der Waals surface area contributed by atoms with Crippen LogP contribution < -0.4 is 0 Å². The normalized spacial score (nSPS) is 17.0. The number of carbonyl (C=O) groups excluding carboxylic acids is 1. The molecule has 3 rings (SSSR count). The van der Waals surface area contributed by atoms with Gasteiger partial charge >= 0.3 is 0 Å². The number of aryl methyl sites for hydroxylation is 3. The average Bonchev–Trinajstić information content (AvgIpc) is 2.97. The highest BCUT2D eigenvalue weighted by molar-refractivity contribution is 6.02. The van der Waals surface area contributed by atoms with Gasteiger partial charge in [-0.1, -0.05) is 12.1 Å². The predicted molar refractivity (Wildman–Crippen MR) is 99.0 cm³/mol. The highest BCUT2D eigenvalue weighted by atomic mass is 16.5. The largest absolute Gasteiger partial charge is 0.396 e. The number of fused-ring (bicyclic) bond motifs is 1. The van der Waals surface area contributed by atoms with Crippen LogP contribution in [0.5, 0.6) is 0 Å². The molecule has 0 unspecified atom stereocenters. The van der Waals surface area contributed by atoms with E-state index in [1.54, 1.807) is 4.90 Å². The van der Waals surface area contributed by atoms with E-state index in [9.17, 15) is 9.90 Å². The van der Waals surface area contributed by atoms with Gasteiger partial charge in [-0.05, 0) is 50.3 Å². The number of hydrogen-bond donors (Lipinski definition) is 2. The van der Waals surface area contributed by atoms with E-state index < -0.39 is 0 Å². The number of aliphatic hydroxyl groups excluding tert-OH is 1. The van der Waals surface area contributed by atoms with Crippen molar-refractivity contribution in [1.29, 1.82) is 0 Å². The van der Waals surface area contributed by atoms with Crippen LogP contribution in [-0.4, -0.2) is 54.3 Å². The summed E-state index contributed by atoms with van der Waals surface area (Å²) in [6, 6.07) is 4.17. The van der Waals surface area contributed by atoms with Gasteiger partial charge in [-0.25, -0.2) is 0 Å². The molecule has 2 heterocycles. The topological polar surface area (TPSA) is 65.6 Å². The van der Waals surface area contributed by atoms with Gasteiger partial charge in [0.1, 0.15) is 5.69 Å². The molecule has 1 aromatic heterocycles. The lowest BCUT2D eigenvalue weighted by molar-refractivity contribution is -0.0283. The molecule has 1 amide bonds. The van der Waals surface area contributed by atoms with Crippen LogP contribution in [0, 0.1) is 26.2 Å². The van der Waals surface area contributed by atoms with E-state index in [2.05, 4.69) is 31.0 Å². The van der Waals surface area contributed by atoms with Gasteiger partial charge in [0.05, 0.1) is 6.61 Å². The molecule has 0 atom stereocenters. The summed E-state index contributed by atoms with van der Waals surface area (Å²) in [6.45, 7) is 8.04. The van der Waals surface area contributed by atoms with Crippen molar-refractivity contribution in [1.82, 2.24) is 9.88 Å². The maximum Gasteiger partial charge on any atom is 0.270 e. The molecular formula is C20H28N2O3. The van der Waals surface area contributed by atoms with Gasteiger partial charge in [-0.3, -0.25) is 4.79 Å². The summed E-state index contributed by atoms with van der Waals surface area (Å²) in [5.74, 6) is -0.0215. The van der Waals surface area contributed by atoms with Gasteiger partial charge in [-0.15, -0.1) is 0 Å². The minimum atomic E-state index is -0.256. The highest BCUT2D eigenvalue weighted by Gasteiger charge is 2.35. The Kier molecular flexibility index (Phi) is 4.89. The molecule has 136 valence electrons. The van der Waals surface area contributed by atoms with Crippen molar-refractivity contribution in [2.75, 3.05) is 33.4 Å². The Morgan fingerprint density at radius 1 is 1.24 bits per heavy atom. The first-order valence-electron chi connectivity index (χ1n) is 8.91. The number of nitrogens with one attached hydrogen (secondary N) is 1. The Labute approximate surface area is 149 Å². The van der Waals surface area contributed by atoms with Gasteiger partial charge in [0.2, 0.25) is 0 Å². The van der Waals surface area contributed by atoms with Crippen LogP contribution in [0.25, 0.3) is 10.9 Å². The van der Waals surface area contributed by atoms with Gasteiger partial charge in [-0.2, -0.15) is 0 Å². The van der Waals surface area contributed by atoms with Gasteiger partial charge in [0.15, 0.2) is 0 Å². The van der Waals surface area contributed by atoms with Crippen molar-refractivity contribution >= 4 is 16.8 Å². The van der Waals surface area contributed by atoms with Crippen molar-refractivity contribution in [2.45, 2.75) is 33.6 Å². The second-order valence-corrected chi connectivity index (χ2v) is 7.51.